The van der Waals surface area contributed by atoms with Crippen LogP contribution >= 0.6 is 0 Å². The average molecular weight is 349 g/mol. The van der Waals surface area contributed by atoms with E-state index in [0.29, 0.717) is 5.92 Å². The van der Waals surface area contributed by atoms with E-state index in [-0.39, 0.29) is 0 Å². The first kappa shape index (κ1) is 19.5. The molecule has 1 unspecified atom stereocenters. The Morgan fingerprint density at radius 2 is 2.16 bits per heavy atom. The molecule has 1 saturated heterocycles. The van der Waals surface area contributed by atoms with Gasteiger partial charge in [-0.1, -0.05) is 12.1 Å². The molecule has 6 nitrogen and oxygen atoms in total. The lowest BCUT2D eigenvalue weighted by Crippen LogP contribution is -2.39. The Morgan fingerprint density at radius 3 is 2.80 bits per heavy atom. The molecule has 0 aromatic heterocycles. The molecule has 1 N–H and O–H groups in total. The first-order valence-electron chi connectivity index (χ1n) is 8.93. The molecular weight excluding hydrogens is 318 g/mol. The zero-order chi connectivity index (χ0) is 17.9. The van der Waals surface area contributed by atoms with E-state index in [0.717, 1.165) is 64.1 Å². The molecule has 1 aromatic carbocycles. The van der Waals surface area contributed by atoms with E-state index in [1.54, 1.807) is 7.11 Å². The average Bonchev–Trinajstić information content (AvgIpc) is 3.15. The fourth-order valence-corrected chi connectivity index (χ4v) is 2.80. The van der Waals surface area contributed by atoms with Gasteiger partial charge in [0.15, 0.2) is 5.96 Å². The zero-order valence-corrected chi connectivity index (χ0v) is 15.7. The molecule has 1 aromatic rings. The summed E-state index contributed by atoms with van der Waals surface area (Å²) in [6.07, 6.45) is 2.09. The maximum absolute atomic E-state index is 5.73. The second kappa shape index (κ2) is 10.9. The molecule has 1 aliphatic heterocycles. The number of benzene rings is 1. The SMILES string of the molecule is CN=C(NCCCOCC1CCOC1)N(C)Cc1ccc(OC)cc1. The van der Waals surface area contributed by atoms with Crippen LogP contribution in [-0.2, 0) is 16.0 Å². The van der Waals surface area contributed by atoms with Gasteiger partial charge in [0.05, 0.1) is 20.3 Å². The van der Waals surface area contributed by atoms with E-state index in [1.165, 1.54) is 5.56 Å². The van der Waals surface area contributed by atoms with E-state index in [9.17, 15) is 0 Å². The lowest BCUT2D eigenvalue weighted by molar-refractivity contribution is 0.0887. The molecule has 0 aliphatic carbocycles. The standard InChI is InChI=1S/C19H31N3O3/c1-20-19(21-10-4-11-24-14-17-9-12-25-15-17)22(2)13-16-5-7-18(23-3)8-6-16/h5-8,17H,4,9-15H2,1-3H3,(H,20,21). The molecule has 0 radical (unpaired) electrons. The van der Waals surface area contributed by atoms with Crippen LogP contribution in [-0.4, -0.2) is 65.0 Å². The van der Waals surface area contributed by atoms with Crippen LogP contribution < -0.4 is 10.1 Å². The fraction of sp³-hybridized carbons (Fsp3) is 0.632. The van der Waals surface area contributed by atoms with Crippen LogP contribution in [0.15, 0.2) is 29.3 Å². The van der Waals surface area contributed by atoms with Crippen molar-refractivity contribution in [3.8, 4) is 5.75 Å². The van der Waals surface area contributed by atoms with Gasteiger partial charge in [-0.15, -0.1) is 0 Å². The predicted octanol–water partition coefficient (Wildman–Crippen LogP) is 2.15. The van der Waals surface area contributed by atoms with Crippen LogP contribution in [0.4, 0.5) is 0 Å². The van der Waals surface area contributed by atoms with Crippen molar-refractivity contribution in [2.75, 3.05) is 54.2 Å². The molecule has 1 atom stereocenters. The topological polar surface area (TPSA) is 55.3 Å². The lowest BCUT2D eigenvalue weighted by Gasteiger charge is -2.22. The molecule has 1 heterocycles. The van der Waals surface area contributed by atoms with E-state index >= 15 is 0 Å². The first-order valence-corrected chi connectivity index (χ1v) is 8.93. The van der Waals surface area contributed by atoms with Crippen molar-refractivity contribution >= 4 is 5.96 Å². The number of aliphatic imine (C=N–C) groups is 1. The normalized spacial score (nSPS) is 17.6. The van der Waals surface area contributed by atoms with Crippen LogP contribution in [0.2, 0.25) is 0 Å². The fourth-order valence-electron chi connectivity index (χ4n) is 2.80. The monoisotopic (exact) mass is 349 g/mol. The minimum atomic E-state index is 0.580. The first-order chi connectivity index (χ1) is 12.2. The maximum atomic E-state index is 5.73. The van der Waals surface area contributed by atoms with Crippen molar-refractivity contribution in [1.82, 2.24) is 10.2 Å². The Bertz CT molecular complexity index is 513. The number of ether oxygens (including phenoxy) is 3. The molecule has 2 rings (SSSR count). The van der Waals surface area contributed by atoms with Crippen LogP contribution in [0.25, 0.3) is 0 Å². The molecule has 1 aliphatic rings. The van der Waals surface area contributed by atoms with Crippen molar-refractivity contribution in [1.29, 1.82) is 0 Å². The highest BCUT2D eigenvalue weighted by Gasteiger charge is 2.15. The van der Waals surface area contributed by atoms with Crippen molar-refractivity contribution in [3.05, 3.63) is 29.8 Å². The number of methoxy groups -OCH3 is 1. The Labute approximate surface area is 151 Å². The maximum Gasteiger partial charge on any atom is 0.193 e. The van der Waals surface area contributed by atoms with Gasteiger partial charge in [-0.05, 0) is 30.5 Å². The molecule has 0 bridgehead atoms. The summed E-state index contributed by atoms with van der Waals surface area (Å²) >= 11 is 0. The van der Waals surface area contributed by atoms with Crippen molar-refractivity contribution in [3.63, 3.8) is 0 Å². The van der Waals surface area contributed by atoms with Gasteiger partial charge in [0.25, 0.3) is 0 Å². The molecule has 0 spiro atoms. The third-order valence-electron chi connectivity index (χ3n) is 4.28. The van der Waals surface area contributed by atoms with Crippen LogP contribution in [0, 0.1) is 5.92 Å². The molecule has 25 heavy (non-hydrogen) atoms. The largest absolute Gasteiger partial charge is 0.497 e. The quantitative estimate of drug-likeness (QED) is 0.421. The van der Waals surface area contributed by atoms with Gasteiger partial charge >= 0.3 is 0 Å². The Hall–Kier alpha value is -1.79. The van der Waals surface area contributed by atoms with Crippen LogP contribution in [0.1, 0.15) is 18.4 Å². The lowest BCUT2D eigenvalue weighted by atomic mass is 10.1. The van der Waals surface area contributed by atoms with E-state index in [4.69, 9.17) is 14.2 Å². The third kappa shape index (κ3) is 6.92. The van der Waals surface area contributed by atoms with Crippen molar-refractivity contribution in [2.24, 2.45) is 10.9 Å². The predicted molar refractivity (Wildman–Crippen MR) is 100 cm³/mol. The number of nitrogens with zero attached hydrogens (tertiary/aromatic N) is 2. The van der Waals surface area contributed by atoms with Gasteiger partial charge in [-0.25, -0.2) is 0 Å². The van der Waals surface area contributed by atoms with Gasteiger partial charge in [-0.2, -0.15) is 0 Å². The second-order valence-electron chi connectivity index (χ2n) is 6.34. The Morgan fingerprint density at radius 1 is 1.36 bits per heavy atom. The third-order valence-corrected chi connectivity index (χ3v) is 4.28. The number of hydrogen-bond donors (Lipinski definition) is 1. The Kier molecular flexibility index (Phi) is 8.55. The summed E-state index contributed by atoms with van der Waals surface area (Å²) in [7, 11) is 5.53. The molecule has 6 heteroatoms. The highest BCUT2D eigenvalue weighted by Crippen LogP contribution is 2.13. The molecule has 0 saturated carbocycles. The van der Waals surface area contributed by atoms with Gasteiger partial charge in [0.1, 0.15) is 5.75 Å². The van der Waals surface area contributed by atoms with Crippen molar-refractivity contribution < 1.29 is 14.2 Å². The second-order valence-corrected chi connectivity index (χ2v) is 6.34. The highest BCUT2D eigenvalue weighted by atomic mass is 16.5. The van der Waals surface area contributed by atoms with E-state index in [2.05, 4.69) is 27.3 Å². The number of nitrogens with one attached hydrogen (secondary N) is 1. The van der Waals surface area contributed by atoms with E-state index in [1.807, 2.05) is 26.2 Å². The smallest absolute Gasteiger partial charge is 0.193 e. The summed E-state index contributed by atoms with van der Waals surface area (Å²) < 4.78 is 16.3. The van der Waals surface area contributed by atoms with E-state index < -0.39 is 0 Å². The molecular formula is C19H31N3O3. The minimum Gasteiger partial charge on any atom is -0.497 e. The molecule has 0 amide bonds. The van der Waals surface area contributed by atoms with Gasteiger partial charge in [-0.3, -0.25) is 4.99 Å². The number of hydrogen-bond acceptors (Lipinski definition) is 4. The zero-order valence-electron chi connectivity index (χ0n) is 15.7. The van der Waals surface area contributed by atoms with Crippen LogP contribution in [0.3, 0.4) is 0 Å². The summed E-state index contributed by atoms with van der Waals surface area (Å²) in [6.45, 7) is 4.95. The van der Waals surface area contributed by atoms with Crippen LogP contribution in [0.5, 0.6) is 5.75 Å². The summed E-state index contributed by atoms with van der Waals surface area (Å²) in [5.41, 5.74) is 1.22. The number of guanidine groups is 1. The van der Waals surface area contributed by atoms with Gasteiger partial charge in [0.2, 0.25) is 0 Å². The van der Waals surface area contributed by atoms with Gasteiger partial charge < -0.3 is 24.4 Å². The van der Waals surface area contributed by atoms with Gasteiger partial charge in [0, 0.05) is 46.3 Å². The minimum absolute atomic E-state index is 0.580. The summed E-state index contributed by atoms with van der Waals surface area (Å²) in [6, 6.07) is 8.10. The highest BCUT2D eigenvalue weighted by molar-refractivity contribution is 5.79. The Balaban J connectivity index is 1.62. The number of rotatable bonds is 9. The van der Waals surface area contributed by atoms with Crippen molar-refractivity contribution in [2.45, 2.75) is 19.4 Å². The molecule has 1 fully saturated rings. The summed E-state index contributed by atoms with van der Waals surface area (Å²) in [4.78, 5) is 6.46. The molecule has 140 valence electrons. The summed E-state index contributed by atoms with van der Waals surface area (Å²) in [5, 5.41) is 3.39. The summed E-state index contributed by atoms with van der Waals surface area (Å²) in [5.74, 6) is 2.34.